The second-order valence-corrected chi connectivity index (χ2v) is 6.19. The standard InChI is InChI=1S/C20H16N2O4/c23-16-11-18(26-17-9-5-4-8-15(16)17)20(25)21-13-10-19(24)22(12-13)14-6-2-1-3-7-14/h1-9,11,13H,10,12H2,(H,21,25)/t13-/m0/s1. The van der Waals surface area contributed by atoms with Crippen molar-refractivity contribution in [3.05, 3.63) is 76.6 Å². The molecular formula is C20H16N2O4. The van der Waals surface area contributed by atoms with Crippen LogP contribution in [0.3, 0.4) is 0 Å². The lowest BCUT2D eigenvalue weighted by Crippen LogP contribution is -2.37. The van der Waals surface area contributed by atoms with Crippen LogP contribution in [-0.2, 0) is 4.79 Å². The SMILES string of the molecule is O=C(N[C@H]1CC(=O)N(c2ccccc2)C1)c1cc(=O)c2ccccc2o1. The van der Waals surface area contributed by atoms with Crippen molar-refractivity contribution < 1.29 is 14.0 Å². The number of fused-ring (bicyclic) bond motifs is 1. The Morgan fingerprint density at radius 3 is 2.58 bits per heavy atom. The van der Waals surface area contributed by atoms with Gasteiger partial charge in [-0.25, -0.2) is 0 Å². The van der Waals surface area contributed by atoms with Crippen molar-refractivity contribution >= 4 is 28.5 Å². The van der Waals surface area contributed by atoms with Crippen LogP contribution in [0, 0.1) is 0 Å². The molecule has 1 fully saturated rings. The summed E-state index contributed by atoms with van der Waals surface area (Å²) in [6.45, 7) is 0.381. The molecule has 4 rings (SSSR count). The summed E-state index contributed by atoms with van der Waals surface area (Å²) in [4.78, 5) is 38.5. The molecule has 1 saturated heterocycles. The Morgan fingerprint density at radius 2 is 1.77 bits per heavy atom. The van der Waals surface area contributed by atoms with E-state index in [9.17, 15) is 14.4 Å². The van der Waals surface area contributed by atoms with Crippen LogP contribution in [0.25, 0.3) is 11.0 Å². The minimum Gasteiger partial charge on any atom is -0.451 e. The molecular weight excluding hydrogens is 332 g/mol. The van der Waals surface area contributed by atoms with Crippen LogP contribution in [0.1, 0.15) is 17.0 Å². The highest BCUT2D eigenvalue weighted by atomic mass is 16.3. The fraction of sp³-hybridized carbons (Fsp3) is 0.150. The Hall–Kier alpha value is -3.41. The number of rotatable bonds is 3. The number of nitrogens with zero attached hydrogens (tertiary/aromatic N) is 1. The monoisotopic (exact) mass is 348 g/mol. The summed E-state index contributed by atoms with van der Waals surface area (Å²) in [7, 11) is 0. The van der Waals surface area contributed by atoms with Crippen LogP contribution in [0.4, 0.5) is 5.69 Å². The van der Waals surface area contributed by atoms with E-state index in [-0.39, 0.29) is 29.6 Å². The predicted octanol–water partition coefficient (Wildman–Crippen LogP) is 2.33. The molecule has 1 N–H and O–H groups in total. The minimum absolute atomic E-state index is 0.0542. The number of hydrogen-bond acceptors (Lipinski definition) is 4. The van der Waals surface area contributed by atoms with Crippen molar-refractivity contribution in [1.29, 1.82) is 0 Å². The summed E-state index contributed by atoms with van der Waals surface area (Å²) < 4.78 is 5.54. The number of amides is 2. The van der Waals surface area contributed by atoms with Crippen LogP contribution in [-0.4, -0.2) is 24.4 Å². The van der Waals surface area contributed by atoms with E-state index in [4.69, 9.17) is 4.42 Å². The molecule has 2 aromatic carbocycles. The van der Waals surface area contributed by atoms with Gasteiger partial charge in [0.1, 0.15) is 5.58 Å². The number of nitrogens with one attached hydrogen (secondary N) is 1. The van der Waals surface area contributed by atoms with E-state index < -0.39 is 5.91 Å². The maximum Gasteiger partial charge on any atom is 0.287 e. The molecule has 2 amide bonds. The highest BCUT2D eigenvalue weighted by molar-refractivity contribution is 5.98. The van der Waals surface area contributed by atoms with Crippen LogP contribution < -0.4 is 15.6 Å². The Kier molecular flexibility index (Phi) is 4.01. The molecule has 3 aromatic rings. The minimum atomic E-state index is -0.499. The maximum atomic E-state index is 12.5. The normalized spacial score (nSPS) is 16.8. The van der Waals surface area contributed by atoms with E-state index in [1.165, 1.54) is 6.07 Å². The fourth-order valence-corrected chi connectivity index (χ4v) is 3.13. The van der Waals surface area contributed by atoms with Crippen molar-refractivity contribution in [2.45, 2.75) is 12.5 Å². The van der Waals surface area contributed by atoms with E-state index in [1.807, 2.05) is 30.3 Å². The van der Waals surface area contributed by atoms with E-state index in [0.717, 1.165) is 5.69 Å². The molecule has 6 nitrogen and oxygen atoms in total. The molecule has 1 aliphatic heterocycles. The third kappa shape index (κ3) is 2.97. The summed E-state index contributed by atoms with van der Waals surface area (Å²) in [5, 5.41) is 3.21. The van der Waals surface area contributed by atoms with Crippen LogP contribution >= 0.6 is 0 Å². The lowest BCUT2D eigenvalue weighted by molar-refractivity contribution is -0.117. The Balaban J connectivity index is 1.52. The number of carbonyl (C=O) groups excluding carboxylic acids is 2. The summed E-state index contributed by atoms with van der Waals surface area (Å²) in [5.41, 5.74) is 0.885. The Bertz CT molecular complexity index is 1040. The van der Waals surface area contributed by atoms with E-state index in [1.54, 1.807) is 29.2 Å². The zero-order valence-electron chi connectivity index (χ0n) is 13.8. The lowest BCUT2D eigenvalue weighted by Gasteiger charge is -2.17. The van der Waals surface area contributed by atoms with E-state index >= 15 is 0 Å². The van der Waals surface area contributed by atoms with Gasteiger partial charge in [0.05, 0.1) is 11.4 Å². The number of para-hydroxylation sites is 2. The molecule has 0 aliphatic carbocycles. The smallest absolute Gasteiger partial charge is 0.287 e. The quantitative estimate of drug-likeness (QED) is 0.788. The van der Waals surface area contributed by atoms with E-state index in [2.05, 4.69) is 5.32 Å². The maximum absolute atomic E-state index is 12.5. The van der Waals surface area contributed by atoms with Gasteiger partial charge < -0.3 is 14.6 Å². The summed E-state index contributed by atoms with van der Waals surface area (Å²) in [6, 6.07) is 16.9. The first kappa shape index (κ1) is 16.1. The molecule has 1 aliphatic rings. The first-order valence-corrected chi connectivity index (χ1v) is 8.31. The van der Waals surface area contributed by atoms with Gasteiger partial charge in [0, 0.05) is 24.7 Å². The third-order valence-electron chi connectivity index (χ3n) is 4.39. The number of benzene rings is 2. The summed E-state index contributed by atoms with van der Waals surface area (Å²) >= 11 is 0. The molecule has 130 valence electrons. The first-order valence-electron chi connectivity index (χ1n) is 8.31. The van der Waals surface area contributed by atoms with Crippen LogP contribution in [0.5, 0.6) is 0 Å². The van der Waals surface area contributed by atoms with Gasteiger partial charge in [-0.2, -0.15) is 0 Å². The number of hydrogen-bond donors (Lipinski definition) is 1. The molecule has 26 heavy (non-hydrogen) atoms. The molecule has 0 saturated carbocycles. The summed E-state index contributed by atoms with van der Waals surface area (Å²) in [6.07, 6.45) is 0.207. The van der Waals surface area contributed by atoms with Gasteiger partial charge in [-0.1, -0.05) is 30.3 Å². The zero-order valence-corrected chi connectivity index (χ0v) is 13.8. The average Bonchev–Trinajstić information content (AvgIpc) is 3.02. The second-order valence-electron chi connectivity index (χ2n) is 6.19. The molecule has 1 atom stereocenters. The lowest BCUT2D eigenvalue weighted by atomic mass is 10.2. The largest absolute Gasteiger partial charge is 0.451 e. The molecule has 0 unspecified atom stereocenters. The Morgan fingerprint density at radius 1 is 1.04 bits per heavy atom. The van der Waals surface area contributed by atoms with Gasteiger partial charge in [-0.05, 0) is 24.3 Å². The van der Waals surface area contributed by atoms with Gasteiger partial charge in [-0.3, -0.25) is 14.4 Å². The highest BCUT2D eigenvalue weighted by Crippen LogP contribution is 2.21. The molecule has 1 aromatic heterocycles. The van der Waals surface area contributed by atoms with Crippen molar-refractivity contribution in [2.75, 3.05) is 11.4 Å². The van der Waals surface area contributed by atoms with Gasteiger partial charge in [-0.15, -0.1) is 0 Å². The van der Waals surface area contributed by atoms with Crippen LogP contribution in [0.15, 0.2) is 69.9 Å². The Labute approximate surface area is 149 Å². The third-order valence-corrected chi connectivity index (χ3v) is 4.39. The fourth-order valence-electron chi connectivity index (χ4n) is 3.13. The van der Waals surface area contributed by atoms with Gasteiger partial charge in [0.25, 0.3) is 5.91 Å². The first-order chi connectivity index (χ1) is 12.6. The zero-order chi connectivity index (χ0) is 18.1. The van der Waals surface area contributed by atoms with E-state index in [0.29, 0.717) is 17.5 Å². The molecule has 0 bridgehead atoms. The van der Waals surface area contributed by atoms with Crippen molar-refractivity contribution in [1.82, 2.24) is 5.32 Å². The highest BCUT2D eigenvalue weighted by Gasteiger charge is 2.32. The molecule has 2 heterocycles. The average molecular weight is 348 g/mol. The van der Waals surface area contributed by atoms with Gasteiger partial charge in [0.15, 0.2) is 11.2 Å². The predicted molar refractivity (Wildman–Crippen MR) is 97.2 cm³/mol. The molecule has 6 heteroatoms. The van der Waals surface area contributed by atoms with Gasteiger partial charge in [0.2, 0.25) is 5.91 Å². The number of anilines is 1. The molecule has 0 spiro atoms. The molecule has 0 radical (unpaired) electrons. The van der Waals surface area contributed by atoms with Gasteiger partial charge >= 0.3 is 0 Å². The van der Waals surface area contributed by atoms with Crippen LogP contribution in [0.2, 0.25) is 0 Å². The topological polar surface area (TPSA) is 79.6 Å². The van der Waals surface area contributed by atoms with Crippen molar-refractivity contribution in [3.63, 3.8) is 0 Å². The second kappa shape index (κ2) is 6.48. The van der Waals surface area contributed by atoms with Crippen molar-refractivity contribution in [2.24, 2.45) is 0 Å². The number of carbonyl (C=O) groups is 2. The summed E-state index contributed by atoms with van der Waals surface area (Å²) in [5.74, 6) is -0.610. The van der Waals surface area contributed by atoms with Crippen molar-refractivity contribution in [3.8, 4) is 0 Å².